The van der Waals surface area contributed by atoms with Crippen molar-refractivity contribution in [2.75, 3.05) is 18.4 Å². The van der Waals surface area contributed by atoms with E-state index in [1.54, 1.807) is 12.5 Å². The van der Waals surface area contributed by atoms with Gasteiger partial charge in [-0.2, -0.15) is 0 Å². The summed E-state index contributed by atoms with van der Waals surface area (Å²) in [4.78, 5) is 24.7. The first-order valence-corrected chi connectivity index (χ1v) is 9.41. The molecule has 1 aliphatic heterocycles. The zero-order valence-corrected chi connectivity index (χ0v) is 15.9. The Kier molecular flexibility index (Phi) is 3.97. The van der Waals surface area contributed by atoms with Gasteiger partial charge in [-0.3, -0.25) is 0 Å². The van der Waals surface area contributed by atoms with Crippen LogP contribution < -0.4 is 5.32 Å². The number of benzene rings is 1. The number of rotatable bonds is 3. The molecule has 1 aromatic carbocycles. The van der Waals surface area contributed by atoms with Gasteiger partial charge in [-0.05, 0) is 42.3 Å². The van der Waals surface area contributed by atoms with Crippen LogP contribution in [0.1, 0.15) is 12.1 Å². The molecule has 4 aromatic rings. The molecular weight excluding hydrogens is 368 g/mol. The molecule has 4 heterocycles. The minimum atomic E-state index is -0.879. The summed E-state index contributed by atoms with van der Waals surface area (Å²) >= 11 is 0. The first kappa shape index (κ1) is 17.3. The fourth-order valence-electron chi connectivity index (χ4n) is 3.76. The number of aromatic nitrogens is 4. The average molecular weight is 388 g/mol. The van der Waals surface area contributed by atoms with Crippen LogP contribution in [0.4, 0.5) is 16.2 Å². The standard InChI is InChI=1S/C21H20N6O2/c1-26-12-23-17-3-2-14(10-19(17)26)24-16-4-7-22-20-15(16)11-18(25-20)13-5-8-27(9-6-13)21(28)29/h2-5,7,10-12H,6,8-9H2,1H3,(H,28,29)(H2,22,24,25). The summed E-state index contributed by atoms with van der Waals surface area (Å²) in [6.45, 7) is 0.906. The summed E-state index contributed by atoms with van der Waals surface area (Å²) in [5, 5.41) is 13.6. The highest BCUT2D eigenvalue weighted by Crippen LogP contribution is 2.31. The maximum Gasteiger partial charge on any atom is 0.407 e. The Morgan fingerprint density at radius 1 is 1.24 bits per heavy atom. The van der Waals surface area contributed by atoms with Crippen molar-refractivity contribution < 1.29 is 9.90 Å². The molecule has 0 radical (unpaired) electrons. The van der Waals surface area contributed by atoms with E-state index in [9.17, 15) is 4.79 Å². The second-order valence-corrected chi connectivity index (χ2v) is 7.20. The van der Waals surface area contributed by atoms with Crippen molar-refractivity contribution in [1.82, 2.24) is 24.4 Å². The molecule has 8 heteroatoms. The van der Waals surface area contributed by atoms with Gasteiger partial charge in [0.25, 0.3) is 0 Å². The first-order valence-electron chi connectivity index (χ1n) is 9.41. The van der Waals surface area contributed by atoms with E-state index >= 15 is 0 Å². The minimum absolute atomic E-state index is 0.406. The number of fused-ring (bicyclic) bond motifs is 2. The molecule has 0 fully saturated rings. The summed E-state index contributed by atoms with van der Waals surface area (Å²) in [5.74, 6) is 0. The fourth-order valence-corrected chi connectivity index (χ4v) is 3.76. The quantitative estimate of drug-likeness (QED) is 0.493. The Hall–Kier alpha value is -3.81. The number of H-pyrrole nitrogens is 1. The molecule has 1 amide bonds. The highest BCUT2D eigenvalue weighted by Gasteiger charge is 2.18. The number of aryl methyl sites for hydroxylation is 1. The number of carboxylic acid groups (broad SMARTS) is 1. The van der Waals surface area contributed by atoms with Crippen molar-refractivity contribution in [2.45, 2.75) is 6.42 Å². The lowest BCUT2D eigenvalue weighted by molar-refractivity contribution is 0.150. The number of pyridine rings is 1. The number of anilines is 2. The number of nitrogens with one attached hydrogen (secondary N) is 2. The van der Waals surface area contributed by atoms with E-state index in [0.29, 0.717) is 19.5 Å². The summed E-state index contributed by atoms with van der Waals surface area (Å²) in [6.07, 6.45) is 5.34. The van der Waals surface area contributed by atoms with Gasteiger partial charge in [0.05, 0.1) is 23.0 Å². The van der Waals surface area contributed by atoms with Crippen LogP contribution in [0.15, 0.2) is 48.9 Å². The number of nitrogens with zero attached hydrogens (tertiary/aromatic N) is 4. The van der Waals surface area contributed by atoms with Crippen molar-refractivity contribution in [3.8, 4) is 0 Å². The number of imidazole rings is 1. The molecule has 0 atom stereocenters. The Balaban J connectivity index is 1.47. The molecule has 146 valence electrons. The first-order chi connectivity index (χ1) is 14.1. The molecule has 1 aliphatic rings. The van der Waals surface area contributed by atoms with Gasteiger partial charge in [-0.15, -0.1) is 0 Å². The number of amides is 1. The minimum Gasteiger partial charge on any atom is -0.465 e. The summed E-state index contributed by atoms with van der Waals surface area (Å²) in [5.41, 5.74) is 6.85. The van der Waals surface area contributed by atoms with Crippen molar-refractivity contribution in [3.05, 3.63) is 54.6 Å². The molecule has 8 nitrogen and oxygen atoms in total. The van der Waals surface area contributed by atoms with E-state index < -0.39 is 6.09 Å². The average Bonchev–Trinajstić information content (AvgIpc) is 3.33. The lowest BCUT2D eigenvalue weighted by Crippen LogP contribution is -2.33. The lowest BCUT2D eigenvalue weighted by Gasteiger charge is -2.23. The molecule has 0 unspecified atom stereocenters. The maximum absolute atomic E-state index is 11.1. The number of aromatic amines is 1. The van der Waals surface area contributed by atoms with Crippen LogP contribution >= 0.6 is 0 Å². The van der Waals surface area contributed by atoms with Gasteiger partial charge in [0.2, 0.25) is 0 Å². The molecule has 0 saturated heterocycles. The highest BCUT2D eigenvalue weighted by atomic mass is 16.4. The van der Waals surface area contributed by atoms with E-state index in [4.69, 9.17) is 5.11 Å². The molecule has 0 saturated carbocycles. The predicted octanol–water partition coefficient (Wildman–Crippen LogP) is 3.96. The van der Waals surface area contributed by atoms with Crippen LogP contribution in [-0.4, -0.2) is 48.7 Å². The molecular formula is C21H20N6O2. The van der Waals surface area contributed by atoms with E-state index in [1.807, 2.05) is 35.9 Å². The molecule has 0 aliphatic carbocycles. The van der Waals surface area contributed by atoms with Crippen LogP contribution in [0.25, 0.3) is 27.6 Å². The normalized spacial score (nSPS) is 14.4. The van der Waals surface area contributed by atoms with E-state index in [2.05, 4.69) is 32.4 Å². The van der Waals surface area contributed by atoms with Crippen LogP contribution in [0.2, 0.25) is 0 Å². The van der Waals surface area contributed by atoms with Crippen LogP contribution in [-0.2, 0) is 7.05 Å². The molecule has 0 spiro atoms. The number of hydrogen-bond acceptors (Lipinski definition) is 4. The second kappa shape index (κ2) is 6.66. The van der Waals surface area contributed by atoms with Crippen LogP contribution in [0.5, 0.6) is 0 Å². The van der Waals surface area contributed by atoms with E-state index in [1.165, 1.54) is 4.90 Å². The predicted molar refractivity (Wildman–Crippen MR) is 112 cm³/mol. The number of carbonyl (C=O) groups is 1. The van der Waals surface area contributed by atoms with Gasteiger partial charge in [0.1, 0.15) is 5.65 Å². The largest absolute Gasteiger partial charge is 0.465 e. The topological polar surface area (TPSA) is 99.1 Å². The Morgan fingerprint density at radius 2 is 2.14 bits per heavy atom. The SMILES string of the molecule is Cn1cnc2ccc(Nc3ccnc4[nH]c(C5=CCN(C(=O)O)CC5)cc34)cc21. The molecule has 3 aromatic heterocycles. The lowest BCUT2D eigenvalue weighted by atomic mass is 10.1. The number of hydrogen-bond donors (Lipinski definition) is 3. The van der Waals surface area contributed by atoms with Crippen molar-refractivity contribution in [2.24, 2.45) is 7.05 Å². The van der Waals surface area contributed by atoms with Gasteiger partial charge in [-0.25, -0.2) is 14.8 Å². The van der Waals surface area contributed by atoms with Crippen molar-refractivity contribution in [1.29, 1.82) is 0 Å². The van der Waals surface area contributed by atoms with E-state index in [-0.39, 0.29) is 0 Å². The fraction of sp³-hybridized carbons (Fsp3) is 0.190. The Labute approximate surface area is 166 Å². The monoisotopic (exact) mass is 388 g/mol. The van der Waals surface area contributed by atoms with Crippen LogP contribution in [0, 0.1) is 0 Å². The van der Waals surface area contributed by atoms with Gasteiger partial charge in [0.15, 0.2) is 0 Å². The zero-order chi connectivity index (χ0) is 20.0. The molecule has 29 heavy (non-hydrogen) atoms. The van der Waals surface area contributed by atoms with Gasteiger partial charge in [0, 0.05) is 43.1 Å². The Bertz CT molecular complexity index is 1270. The zero-order valence-electron chi connectivity index (χ0n) is 15.9. The van der Waals surface area contributed by atoms with E-state index in [0.717, 1.165) is 44.7 Å². The third kappa shape index (κ3) is 3.08. The highest BCUT2D eigenvalue weighted by molar-refractivity contribution is 5.94. The van der Waals surface area contributed by atoms with Crippen molar-refractivity contribution in [3.63, 3.8) is 0 Å². The van der Waals surface area contributed by atoms with Crippen molar-refractivity contribution >= 4 is 45.1 Å². The third-order valence-electron chi connectivity index (χ3n) is 5.36. The molecule has 3 N–H and O–H groups in total. The summed E-state index contributed by atoms with van der Waals surface area (Å²) < 4.78 is 1.99. The van der Waals surface area contributed by atoms with Gasteiger partial charge in [-0.1, -0.05) is 6.08 Å². The smallest absolute Gasteiger partial charge is 0.407 e. The van der Waals surface area contributed by atoms with Gasteiger partial charge < -0.3 is 24.9 Å². The summed E-state index contributed by atoms with van der Waals surface area (Å²) in [6, 6.07) is 10.1. The molecule has 0 bridgehead atoms. The third-order valence-corrected chi connectivity index (χ3v) is 5.36. The second-order valence-electron chi connectivity index (χ2n) is 7.20. The molecule has 5 rings (SSSR count). The summed E-state index contributed by atoms with van der Waals surface area (Å²) in [7, 11) is 1.98. The maximum atomic E-state index is 11.1. The van der Waals surface area contributed by atoms with Gasteiger partial charge >= 0.3 is 6.09 Å². The Morgan fingerprint density at radius 3 is 2.93 bits per heavy atom. The van der Waals surface area contributed by atoms with Crippen LogP contribution in [0.3, 0.4) is 0 Å².